The molecule has 0 spiro atoms. The molecular weight excluding hydrogens is 404 g/mol. The van der Waals surface area contributed by atoms with Crippen molar-refractivity contribution in [2.24, 2.45) is 11.7 Å². The molecule has 4 unspecified atom stereocenters. The van der Waals surface area contributed by atoms with Gasteiger partial charge in [-0.15, -0.1) is 0 Å². The summed E-state index contributed by atoms with van der Waals surface area (Å²) in [6, 6.07) is 4.59. The number of carbonyl (C=O) groups is 4. The first-order chi connectivity index (χ1) is 14.5. The first kappa shape index (κ1) is 26.1. The van der Waals surface area contributed by atoms with Crippen molar-refractivity contribution in [3.63, 3.8) is 0 Å². The number of amides is 3. The summed E-state index contributed by atoms with van der Waals surface area (Å²) in [6.07, 6.45) is 0.407. The largest absolute Gasteiger partial charge is 0.480 e. The Balaban J connectivity index is 3.02. The van der Waals surface area contributed by atoms with Crippen LogP contribution in [-0.2, 0) is 25.6 Å². The SMILES string of the molecule is CC(C)CC(NC(=O)C(Cc1ccccc1)NC(=O)C(N)CO)C(=O)NC(C)C(=O)O. The summed E-state index contributed by atoms with van der Waals surface area (Å²) in [5, 5.41) is 25.6. The molecule has 10 nitrogen and oxygen atoms in total. The fraction of sp³-hybridized carbons (Fsp3) is 0.524. The number of hydrogen-bond donors (Lipinski definition) is 6. The zero-order chi connectivity index (χ0) is 23.6. The molecule has 0 heterocycles. The maximum Gasteiger partial charge on any atom is 0.325 e. The highest BCUT2D eigenvalue weighted by Gasteiger charge is 2.29. The standard InChI is InChI=1S/C21H32N4O6/c1-12(2)9-16(19(28)23-13(3)21(30)31)25-20(29)17(24-18(27)15(22)11-26)10-14-7-5-4-6-8-14/h4-8,12-13,15-17,26H,9-11,22H2,1-3H3,(H,23,28)(H,24,27)(H,25,29)(H,30,31). The van der Waals surface area contributed by atoms with Gasteiger partial charge in [0.15, 0.2) is 0 Å². The molecule has 1 aromatic carbocycles. The van der Waals surface area contributed by atoms with Gasteiger partial charge in [0.1, 0.15) is 24.2 Å². The number of carboxylic acid groups (broad SMARTS) is 1. The van der Waals surface area contributed by atoms with Crippen molar-refractivity contribution in [3.8, 4) is 0 Å². The lowest BCUT2D eigenvalue weighted by Gasteiger charge is -2.25. The number of rotatable bonds is 12. The van der Waals surface area contributed by atoms with E-state index in [9.17, 15) is 19.2 Å². The van der Waals surface area contributed by atoms with E-state index < -0.39 is 54.5 Å². The highest BCUT2D eigenvalue weighted by Crippen LogP contribution is 2.08. The fourth-order valence-electron chi connectivity index (χ4n) is 2.77. The van der Waals surface area contributed by atoms with Crippen molar-refractivity contribution in [2.75, 3.05) is 6.61 Å². The Hall–Kier alpha value is -2.98. The Kier molecular flexibility index (Phi) is 10.6. The number of hydrogen-bond acceptors (Lipinski definition) is 6. The molecule has 0 fully saturated rings. The molecule has 172 valence electrons. The maximum absolute atomic E-state index is 13.0. The van der Waals surface area contributed by atoms with Crippen LogP contribution in [0.25, 0.3) is 0 Å². The van der Waals surface area contributed by atoms with Gasteiger partial charge >= 0.3 is 5.97 Å². The van der Waals surface area contributed by atoms with Crippen LogP contribution in [0.5, 0.6) is 0 Å². The summed E-state index contributed by atoms with van der Waals surface area (Å²) < 4.78 is 0. The van der Waals surface area contributed by atoms with Gasteiger partial charge in [-0.05, 0) is 24.8 Å². The van der Waals surface area contributed by atoms with Crippen LogP contribution in [0.3, 0.4) is 0 Å². The van der Waals surface area contributed by atoms with Gasteiger partial charge in [0.05, 0.1) is 6.61 Å². The molecule has 4 atom stereocenters. The summed E-state index contributed by atoms with van der Waals surface area (Å²) in [5.41, 5.74) is 6.31. The van der Waals surface area contributed by atoms with Crippen molar-refractivity contribution >= 4 is 23.7 Å². The number of aliphatic carboxylic acids is 1. The van der Waals surface area contributed by atoms with E-state index in [0.717, 1.165) is 5.56 Å². The van der Waals surface area contributed by atoms with E-state index in [1.807, 2.05) is 19.9 Å². The van der Waals surface area contributed by atoms with Crippen LogP contribution in [0.4, 0.5) is 0 Å². The molecule has 0 aliphatic heterocycles. The van der Waals surface area contributed by atoms with Gasteiger partial charge in [-0.1, -0.05) is 44.2 Å². The van der Waals surface area contributed by atoms with E-state index >= 15 is 0 Å². The van der Waals surface area contributed by atoms with Crippen LogP contribution in [0.2, 0.25) is 0 Å². The molecule has 10 heteroatoms. The number of benzene rings is 1. The van der Waals surface area contributed by atoms with Crippen LogP contribution < -0.4 is 21.7 Å². The van der Waals surface area contributed by atoms with Crippen molar-refractivity contribution in [1.82, 2.24) is 16.0 Å². The molecule has 7 N–H and O–H groups in total. The highest BCUT2D eigenvalue weighted by molar-refractivity contribution is 5.94. The van der Waals surface area contributed by atoms with E-state index in [2.05, 4.69) is 16.0 Å². The number of nitrogens with one attached hydrogen (secondary N) is 3. The van der Waals surface area contributed by atoms with Gasteiger partial charge in [0, 0.05) is 6.42 Å². The third kappa shape index (κ3) is 9.14. The van der Waals surface area contributed by atoms with Crippen molar-refractivity contribution < 1.29 is 29.4 Å². The second kappa shape index (κ2) is 12.7. The normalized spacial score (nSPS) is 14.8. The number of aliphatic hydroxyl groups excluding tert-OH is 1. The number of aliphatic hydroxyl groups is 1. The number of carboxylic acids is 1. The molecule has 0 aromatic heterocycles. The Labute approximate surface area is 181 Å². The fourth-order valence-corrected chi connectivity index (χ4v) is 2.77. The first-order valence-electron chi connectivity index (χ1n) is 10.1. The monoisotopic (exact) mass is 436 g/mol. The second-order valence-corrected chi connectivity index (χ2v) is 7.80. The number of nitrogens with two attached hydrogens (primary N) is 1. The quantitative estimate of drug-likeness (QED) is 0.248. The Morgan fingerprint density at radius 2 is 1.45 bits per heavy atom. The Morgan fingerprint density at radius 1 is 0.903 bits per heavy atom. The van der Waals surface area contributed by atoms with E-state index in [1.54, 1.807) is 24.3 Å². The molecule has 0 aliphatic carbocycles. The average Bonchev–Trinajstić information content (AvgIpc) is 2.72. The molecule has 0 saturated carbocycles. The third-order valence-corrected chi connectivity index (χ3v) is 4.52. The predicted molar refractivity (Wildman–Crippen MR) is 114 cm³/mol. The van der Waals surface area contributed by atoms with Gasteiger partial charge < -0.3 is 31.9 Å². The van der Waals surface area contributed by atoms with Gasteiger partial charge in [0.25, 0.3) is 0 Å². The molecule has 31 heavy (non-hydrogen) atoms. The van der Waals surface area contributed by atoms with Crippen LogP contribution >= 0.6 is 0 Å². The van der Waals surface area contributed by atoms with Crippen LogP contribution in [0.1, 0.15) is 32.8 Å². The summed E-state index contributed by atoms with van der Waals surface area (Å²) in [7, 11) is 0. The minimum atomic E-state index is -1.20. The zero-order valence-electron chi connectivity index (χ0n) is 18.0. The molecule has 0 aliphatic rings. The minimum absolute atomic E-state index is 0.0289. The lowest BCUT2D eigenvalue weighted by atomic mass is 10.0. The molecule has 0 bridgehead atoms. The molecule has 0 saturated heterocycles. The van der Waals surface area contributed by atoms with Crippen LogP contribution in [0, 0.1) is 5.92 Å². The molecular formula is C21H32N4O6. The van der Waals surface area contributed by atoms with E-state index in [0.29, 0.717) is 0 Å². The topological polar surface area (TPSA) is 171 Å². The van der Waals surface area contributed by atoms with E-state index in [-0.39, 0.29) is 18.8 Å². The van der Waals surface area contributed by atoms with Gasteiger partial charge in [-0.2, -0.15) is 0 Å². The number of carbonyl (C=O) groups excluding carboxylic acids is 3. The molecule has 3 amide bonds. The Bertz CT molecular complexity index is 755. The lowest BCUT2D eigenvalue weighted by Crippen LogP contribution is -2.58. The maximum atomic E-state index is 13.0. The highest BCUT2D eigenvalue weighted by atomic mass is 16.4. The van der Waals surface area contributed by atoms with Crippen LogP contribution in [-0.4, -0.2) is 64.7 Å². The van der Waals surface area contributed by atoms with Crippen LogP contribution in [0.15, 0.2) is 30.3 Å². The summed E-state index contributed by atoms with van der Waals surface area (Å²) in [4.78, 5) is 48.8. The third-order valence-electron chi connectivity index (χ3n) is 4.52. The zero-order valence-corrected chi connectivity index (χ0v) is 18.0. The second-order valence-electron chi connectivity index (χ2n) is 7.80. The van der Waals surface area contributed by atoms with Gasteiger partial charge in [0.2, 0.25) is 17.7 Å². The summed E-state index contributed by atoms with van der Waals surface area (Å²) >= 11 is 0. The van der Waals surface area contributed by atoms with E-state index in [4.69, 9.17) is 15.9 Å². The van der Waals surface area contributed by atoms with Crippen molar-refractivity contribution in [2.45, 2.75) is 57.8 Å². The molecule has 1 aromatic rings. The first-order valence-corrected chi connectivity index (χ1v) is 10.1. The average molecular weight is 437 g/mol. The molecule has 0 radical (unpaired) electrons. The van der Waals surface area contributed by atoms with Gasteiger partial charge in [-0.25, -0.2) is 0 Å². The summed E-state index contributed by atoms with van der Waals surface area (Å²) in [6.45, 7) is 4.45. The van der Waals surface area contributed by atoms with Gasteiger partial charge in [-0.3, -0.25) is 19.2 Å². The minimum Gasteiger partial charge on any atom is -0.480 e. The Morgan fingerprint density at radius 3 is 1.97 bits per heavy atom. The summed E-state index contributed by atoms with van der Waals surface area (Å²) in [5.74, 6) is -3.13. The van der Waals surface area contributed by atoms with E-state index in [1.165, 1.54) is 6.92 Å². The smallest absolute Gasteiger partial charge is 0.325 e. The predicted octanol–water partition coefficient (Wildman–Crippen LogP) is -0.846. The van der Waals surface area contributed by atoms with Crippen molar-refractivity contribution in [3.05, 3.63) is 35.9 Å². The lowest BCUT2D eigenvalue weighted by molar-refractivity contribution is -0.142. The van der Waals surface area contributed by atoms with Crippen molar-refractivity contribution in [1.29, 1.82) is 0 Å². The molecule has 1 rings (SSSR count).